The molecule has 0 radical (unpaired) electrons. The molecular weight excluding hydrogens is 405 g/mol. The monoisotopic (exact) mass is 417 g/mol. The third kappa shape index (κ3) is 5.47. The van der Waals surface area contributed by atoms with Gasteiger partial charge in [-0.15, -0.1) is 0 Å². The molecule has 0 aliphatic heterocycles. The molecule has 0 bridgehead atoms. The van der Waals surface area contributed by atoms with Crippen LogP contribution in [0.15, 0.2) is 27.6 Å². The predicted molar refractivity (Wildman–Crippen MR) is 78.5 cm³/mol. The molecule has 1 unspecified atom stereocenters. The van der Waals surface area contributed by atoms with Gasteiger partial charge in [0, 0.05) is 23.0 Å². The number of rotatable bonds is 7. The van der Waals surface area contributed by atoms with Gasteiger partial charge in [-0.1, -0.05) is 31.9 Å². The van der Waals surface area contributed by atoms with Crippen LogP contribution in [-0.4, -0.2) is 33.5 Å². The van der Waals surface area contributed by atoms with Gasteiger partial charge in [0.1, 0.15) is 10.7 Å². The largest absolute Gasteiger partial charge is 0.384 e. The maximum atomic E-state index is 13.6. The molecule has 0 saturated heterocycles. The molecule has 1 atom stereocenters. The van der Waals surface area contributed by atoms with Gasteiger partial charge in [-0.3, -0.25) is 0 Å². The van der Waals surface area contributed by atoms with Crippen LogP contribution in [-0.2, 0) is 14.8 Å². The average Bonchev–Trinajstić information content (AvgIpc) is 2.28. The van der Waals surface area contributed by atoms with E-state index >= 15 is 0 Å². The topological polar surface area (TPSA) is 55.4 Å². The van der Waals surface area contributed by atoms with E-state index < -0.39 is 15.8 Å². The van der Waals surface area contributed by atoms with Crippen molar-refractivity contribution in [2.24, 2.45) is 0 Å². The summed E-state index contributed by atoms with van der Waals surface area (Å²) in [5.41, 5.74) is 0. The minimum absolute atomic E-state index is 0.0509. The molecule has 0 aromatic heterocycles. The van der Waals surface area contributed by atoms with E-state index in [0.29, 0.717) is 17.5 Å². The third-order valence-corrected chi connectivity index (χ3v) is 4.99. The van der Waals surface area contributed by atoms with Gasteiger partial charge in [-0.25, -0.2) is 17.5 Å². The molecule has 1 aromatic rings. The van der Waals surface area contributed by atoms with E-state index in [1.807, 2.05) is 0 Å². The summed E-state index contributed by atoms with van der Waals surface area (Å²) in [6.07, 6.45) is 0.547. The second-order valence-electron chi connectivity index (χ2n) is 3.81. The zero-order valence-electron chi connectivity index (χ0n) is 10.2. The van der Waals surface area contributed by atoms with E-state index in [4.69, 9.17) is 4.74 Å². The molecule has 0 aliphatic rings. The Bertz CT molecular complexity index is 525. The van der Waals surface area contributed by atoms with Gasteiger partial charge in [0.25, 0.3) is 0 Å². The van der Waals surface area contributed by atoms with Crippen molar-refractivity contribution in [1.82, 2.24) is 4.72 Å². The smallest absolute Gasteiger partial charge is 0.243 e. The highest BCUT2D eigenvalue weighted by molar-refractivity contribution is 9.10. The van der Waals surface area contributed by atoms with Gasteiger partial charge >= 0.3 is 0 Å². The van der Waals surface area contributed by atoms with Crippen molar-refractivity contribution in [3.8, 4) is 0 Å². The van der Waals surface area contributed by atoms with Crippen LogP contribution in [0.5, 0.6) is 0 Å². The average molecular weight is 419 g/mol. The first-order valence-corrected chi connectivity index (χ1v) is 8.63. The number of hydrogen-bond donors (Lipinski definition) is 1. The molecule has 4 nitrogen and oxygen atoms in total. The van der Waals surface area contributed by atoms with E-state index in [0.717, 1.165) is 6.07 Å². The molecule has 19 heavy (non-hydrogen) atoms. The highest BCUT2D eigenvalue weighted by atomic mass is 79.9. The molecule has 8 heteroatoms. The zero-order valence-corrected chi connectivity index (χ0v) is 14.2. The van der Waals surface area contributed by atoms with Gasteiger partial charge < -0.3 is 4.74 Å². The highest BCUT2D eigenvalue weighted by Gasteiger charge is 2.19. The van der Waals surface area contributed by atoms with Crippen molar-refractivity contribution in [2.75, 3.05) is 20.3 Å². The van der Waals surface area contributed by atoms with Crippen LogP contribution >= 0.6 is 31.9 Å². The van der Waals surface area contributed by atoms with Crippen molar-refractivity contribution in [3.63, 3.8) is 0 Å². The number of ether oxygens (including phenoxy) is 1. The minimum atomic E-state index is -3.83. The van der Waals surface area contributed by atoms with Gasteiger partial charge in [-0.2, -0.15) is 0 Å². The molecule has 0 heterocycles. The van der Waals surface area contributed by atoms with E-state index in [9.17, 15) is 12.8 Å². The van der Waals surface area contributed by atoms with Crippen LogP contribution in [0.2, 0.25) is 0 Å². The first-order chi connectivity index (χ1) is 8.86. The summed E-state index contributed by atoms with van der Waals surface area (Å²) in [6, 6.07) is 3.82. The number of hydrogen-bond acceptors (Lipinski definition) is 3. The van der Waals surface area contributed by atoms with Crippen molar-refractivity contribution in [2.45, 2.75) is 16.1 Å². The molecule has 1 N–H and O–H groups in total. The lowest BCUT2D eigenvalue weighted by atomic mass is 10.3. The second kappa shape index (κ2) is 7.68. The summed E-state index contributed by atoms with van der Waals surface area (Å²) in [5.74, 6) is -0.783. The molecule has 0 aliphatic carbocycles. The molecule has 0 fully saturated rings. The minimum Gasteiger partial charge on any atom is -0.384 e. The van der Waals surface area contributed by atoms with Crippen molar-refractivity contribution in [3.05, 3.63) is 28.5 Å². The lowest BCUT2D eigenvalue weighted by Gasteiger charge is -2.10. The van der Waals surface area contributed by atoms with E-state index in [-0.39, 0.29) is 16.3 Å². The molecule has 108 valence electrons. The summed E-state index contributed by atoms with van der Waals surface area (Å²) in [7, 11) is -2.26. The van der Waals surface area contributed by atoms with Gasteiger partial charge in [0.05, 0.1) is 6.61 Å². The molecule has 0 saturated carbocycles. The lowest BCUT2D eigenvalue weighted by molar-refractivity contribution is 0.199. The van der Waals surface area contributed by atoms with E-state index in [1.54, 1.807) is 7.11 Å². The Balaban J connectivity index is 2.66. The highest BCUT2D eigenvalue weighted by Crippen LogP contribution is 2.19. The van der Waals surface area contributed by atoms with Gasteiger partial charge in [-0.05, 0) is 24.6 Å². The standard InChI is InChI=1S/C11H14Br2FNO3S/c1-18-7-9(13)4-5-15-19(16,17)11-3-2-8(12)6-10(11)14/h2-3,6,9,15H,4-5,7H2,1H3. The summed E-state index contributed by atoms with van der Waals surface area (Å²) in [6.45, 7) is 0.686. The summed E-state index contributed by atoms with van der Waals surface area (Å²) < 4.78 is 45.1. The number of alkyl halides is 1. The maximum absolute atomic E-state index is 13.6. The van der Waals surface area contributed by atoms with Crippen LogP contribution < -0.4 is 4.72 Å². The van der Waals surface area contributed by atoms with Crippen LogP contribution in [0.4, 0.5) is 4.39 Å². The van der Waals surface area contributed by atoms with E-state index in [2.05, 4.69) is 36.6 Å². The van der Waals surface area contributed by atoms with Crippen molar-refractivity contribution in [1.29, 1.82) is 0 Å². The molecule has 0 amide bonds. The quantitative estimate of drug-likeness (QED) is 0.692. The van der Waals surface area contributed by atoms with Crippen LogP contribution in [0.1, 0.15) is 6.42 Å². The predicted octanol–water partition coefficient (Wildman–Crippen LogP) is 2.67. The van der Waals surface area contributed by atoms with Crippen LogP contribution in [0, 0.1) is 5.82 Å². The first kappa shape index (κ1) is 17.0. The first-order valence-electron chi connectivity index (χ1n) is 5.44. The SMILES string of the molecule is COCC(Br)CCNS(=O)(=O)c1ccc(Br)cc1F. The summed E-state index contributed by atoms with van der Waals surface area (Å²) in [5, 5.41) is 0. The second-order valence-corrected chi connectivity index (χ2v) is 7.76. The number of halogens is 3. The van der Waals surface area contributed by atoms with Crippen LogP contribution in [0.3, 0.4) is 0 Å². The fraction of sp³-hybridized carbons (Fsp3) is 0.455. The zero-order chi connectivity index (χ0) is 14.5. The summed E-state index contributed by atoms with van der Waals surface area (Å²) >= 11 is 6.42. The molecule has 0 spiro atoms. The molecular formula is C11H14Br2FNO3S. The van der Waals surface area contributed by atoms with Crippen molar-refractivity contribution < 1.29 is 17.5 Å². The van der Waals surface area contributed by atoms with Gasteiger partial charge in [0.2, 0.25) is 10.0 Å². The number of nitrogens with one attached hydrogen (secondary N) is 1. The normalized spacial score (nSPS) is 13.5. The maximum Gasteiger partial charge on any atom is 0.243 e. The summed E-state index contributed by atoms with van der Waals surface area (Å²) in [4.78, 5) is -0.302. The van der Waals surface area contributed by atoms with Crippen molar-refractivity contribution >= 4 is 41.9 Å². The number of benzene rings is 1. The Morgan fingerprint density at radius 2 is 2.16 bits per heavy atom. The fourth-order valence-electron chi connectivity index (χ4n) is 1.38. The Morgan fingerprint density at radius 3 is 2.74 bits per heavy atom. The van der Waals surface area contributed by atoms with Gasteiger partial charge in [0.15, 0.2) is 0 Å². The number of methoxy groups -OCH3 is 1. The molecule has 1 rings (SSSR count). The van der Waals surface area contributed by atoms with Crippen LogP contribution in [0.25, 0.3) is 0 Å². The Kier molecular flexibility index (Phi) is 6.89. The third-order valence-electron chi connectivity index (χ3n) is 2.28. The fourth-order valence-corrected chi connectivity index (χ4v) is 3.32. The number of sulfonamides is 1. The Hall–Kier alpha value is -0.0200. The Morgan fingerprint density at radius 1 is 1.47 bits per heavy atom. The Labute approximate surface area is 129 Å². The van der Waals surface area contributed by atoms with E-state index in [1.165, 1.54) is 12.1 Å². The molecule has 1 aromatic carbocycles. The lowest BCUT2D eigenvalue weighted by Crippen LogP contribution is -2.27.